The second-order valence-corrected chi connectivity index (χ2v) is 11.2. The van der Waals surface area contributed by atoms with Gasteiger partial charge in [0.05, 0.1) is 24.0 Å². The minimum Gasteiger partial charge on any atom is -0.342 e. The van der Waals surface area contributed by atoms with Crippen molar-refractivity contribution in [3.8, 4) is 0 Å². The topological polar surface area (TPSA) is 66.8 Å². The van der Waals surface area contributed by atoms with Gasteiger partial charge in [-0.2, -0.15) is 4.99 Å². The average molecular weight is 429 g/mol. The lowest BCUT2D eigenvalue weighted by Crippen LogP contribution is -2.37. The maximum atomic E-state index is 12.6. The van der Waals surface area contributed by atoms with Crippen molar-refractivity contribution >= 4 is 32.7 Å². The predicted molar refractivity (Wildman–Crippen MR) is 118 cm³/mol. The third-order valence-electron chi connectivity index (χ3n) is 5.34. The number of aliphatic imine (C=N–C) groups is 1. The van der Waals surface area contributed by atoms with Gasteiger partial charge in [-0.3, -0.25) is 4.79 Å². The van der Waals surface area contributed by atoms with Crippen LogP contribution in [-0.2, 0) is 27.6 Å². The number of carbonyl (C=O) groups excluding carboxylic acids is 1. The van der Waals surface area contributed by atoms with Gasteiger partial charge in [-0.25, -0.2) is 8.42 Å². The number of benzene rings is 2. The third kappa shape index (κ3) is 4.73. The fourth-order valence-electron chi connectivity index (χ4n) is 3.74. The molecular weight excluding hydrogens is 404 g/mol. The van der Waals surface area contributed by atoms with Crippen LogP contribution in [0.25, 0.3) is 0 Å². The van der Waals surface area contributed by atoms with Gasteiger partial charge in [-0.1, -0.05) is 71.4 Å². The maximum absolute atomic E-state index is 12.6. The van der Waals surface area contributed by atoms with Crippen molar-refractivity contribution in [2.24, 2.45) is 4.99 Å². The maximum Gasteiger partial charge on any atom is 0.252 e. The summed E-state index contributed by atoms with van der Waals surface area (Å²) < 4.78 is 24.3. The fraction of sp³-hybridized carbons (Fsp3) is 0.364. The van der Waals surface area contributed by atoms with Crippen LogP contribution in [0.2, 0.25) is 0 Å². The highest BCUT2D eigenvalue weighted by Gasteiger charge is 2.48. The molecule has 0 spiro atoms. The summed E-state index contributed by atoms with van der Waals surface area (Å²) in [6.45, 7) is 4.60. The van der Waals surface area contributed by atoms with Crippen LogP contribution in [0.1, 0.15) is 22.3 Å². The van der Waals surface area contributed by atoms with Crippen molar-refractivity contribution in [3.05, 3.63) is 70.8 Å². The lowest BCUT2D eigenvalue weighted by Gasteiger charge is -2.24. The predicted octanol–water partition coefficient (Wildman–Crippen LogP) is 3.14. The molecule has 5 nitrogen and oxygen atoms in total. The first kappa shape index (κ1) is 20.2. The Morgan fingerprint density at radius 2 is 1.59 bits per heavy atom. The molecule has 0 N–H and O–H groups in total. The number of nitrogens with zero attached hydrogens (tertiary/aromatic N) is 2. The fourth-order valence-corrected chi connectivity index (χ4v) is 7.71. The summed E-state index contributed by atoms with van der Waals surface area (Å²) in [4.78, 5) is 19.0. The third-order valence-corrected chi connectivity index (χ3v) is 8.59. The number of aryl methyl sites for hydroxylation is 2. The van der Waals surface area contributed by atoms with Crippen molar-refractivity contribution < 1.29 is 13.2 Å². The molecule has 7 heteroatoms. The molecule has 4 rings (SSSR count). The minimum atomic E-state index is -3.04. The molecule has 2 saturated heterocycles. The van der Waals surface area contributed by atoms with Crippen LogP contribution < -0.4 is 0 Å². The van der Waals surface area contributed by atoms with Gasteiger partial charge in [-0.05, 0) is 25.0 Å². The van der Waals surface area contributed by atoms with Crippen LogP contribution in [0.5, 0.6) is 0 Å². The summed E-state index contributed by atoms with van der Waals surface area (Å²) in [6.07, 6.45) is 0.246. The Bertz CT molecular complexity index is 1040. The monoisotopic (exact) mass is 428 g/mol. The summed E-state index contributed by atoms with van der Waals surface area (Å²) in [7, 11) is -3.04. The van der Waals surface area contributed by atoms with E-state index in [4.69, 9.17) is 0 Å². The Morgan fingerprint density at radius 3 is 2.21 bits per heavy atom. The summed E-state index contributed by atoms with van der Waals surface area (Å²) in [6, 6.07) is 15.9. The summed E-state index contributed by atoms with van der Waals surface area (Å²) in [5.74, 6) is 0.0765. The normalized spacial score (nSPS) is 24.1. The van der Waals surface area contributed by atoms with Gasteiger partial charge in [0, 0.05) is 11.8 Å². The first-order valence-electron chi connectivity index (χ1n) is 9.65. The average Bonchev–Trinajstić information content (AvgIpc) is 3.11. The summed E-state index contributed by atoms with van der Waals surface area (Å²) in [5, 5.41) is 0.587. The van der Waals surface area contributed by atoms with Crippen LogP contribution in [0, 0.1) is 13.8 Å². The highest BCUT2D eigenvalue weighted by Crippen LogP contribution is 2.39. The molecule has 0 unspecified atom stereocenters. The molecule has 2 aliphatic rings. The van der Waals surface area contributed by atoms with Gasteiger partial charge in [0.2, 0.25) is 0 Å². The first-order valence-corrected chi connectivity index (χ1v) is 12.4. The van der Waals surface area contributed by atoms with Crippen molar-refractivity contribution in [1.82, 2.24) is 4.90 Å². The van der Waals surface area contributed by atoms with Crippen LogP contribution in [0.3, 0.4) is 0 Å². The smallest absolute Gasteiger partial charge is 0.252 e. The number of fused-ring (bicyclic) bond motifs is 1. The van der Waals surface area contributed by atoms with Crippen molar-refractivity contribution in [2.45, 2.75) is 38.1 Å². The SMILES string of the molecule is Cc1ccc(CC(=O)N=C2S[C@H]3CS(=O)(=O)C[C@H]3N2Cc2ccc(C)cc2)cc1. The van der Waals surface area contributed by atoms with E-state index >= 15 is 0 Å². The van der Waals surface area contributed by atoms with Gasteiger partial charge >= 0.3 is 0 Å². The van der Waals surface area contributed by atoms with Gasteiger partial charge in [0.15, 0.2) is 15.0 Å². The van der Waals surface area contributed by atoms with E-state index in [1.807, 2.05) is 67.3 Å². The molecule has 0 saturated carbocycles. The number of amides is 1. The van der Waals surface area contributed by atoms with Crippen molar-refractivity contribution in [1.29, 1.82) is 0 Å². The molecule has 1 amide bonds. The van der Waals surface area contributed by atoms with Gasteiger partial charge in [0.1, 0.15) is 0 Å². The van der Waals surface area contributed by atoms with Gasteiger partial charge < -0.3 is 4.90 Å². The molecule has 0 radical (unpaired) electrons. The Morgan fingerprint density at radius 1 is 1.00 bits per heavy atom. The number of sulfone groups is 1. The molecule has 2 aliphatic heterocycles. The lowest BCUT2D eigenvalue weighted by atomic mass is 10.1. The summed E-state index contributed by atoms with van der Waals surface area (Å²) >= 11 is 1.43. The van der Waals surface area contributed by atoms with Crippen LogP contribution in [0.4, 0.5) is 0 Å². The van der Waals surface area contributed by atoms with E-state index in [1.165, 1.54) is 17.3 Å². The minimum absolute atomic E-state index is 0.0589. The zero-order chi connectivity index (χ0) is 20.6. The zero-order valence-corrected chi connectivity index (χ0v) is 18.2. The Kier molecular flexibility index (Phi) is 5.53. The summed E-state index contributed by atoms with van der Waals surface area (Å²) in [5.41, 5.74) is 4.34. The molecule has 2 heterocycles. The Hall–Kier alpha value is -2.12. The molecule has 29 heavy (non-hydrogen) atoms. The second kappa shape index (κ2) is 7.95. The standard InChI is InChI=1S/C22H24N2O3S2/c1-15-3-7-17(8-4-15)11-21(25)23-22-24(12-18-9-5-16(2)6-10-18)19-13-29(26,27)14-20(19)28-22/h3-10,19-20H,11-14H2,1-2H3/t19-,20+/m1/s1. The second-order valence-electron chi connectivity index (χ2n) is 7.86. The molecule has 152 valence electrons. The number of hydrogen-bond donors (Lipinski definition) is 0. The van der Waals surface area contributed by atoms with Crippen LogP contribution in [-0.4, -0.2) is 47.2 Å². The zero-order valence-electron chi connectivity index (χ0n) is 16.5. The first-order chi connectivity index (χ1) is 13.8. The number of hydrogen-bond acceptors (Lipinski definition) is 4. The molecule has 0 aliphatic carbocycles. The number of amidine groups is 1. The number of rotatable bonds is 4. The highest BCUT2D eigenvalue weighted by molar-refractivity contribution is 8.15. The molecule has 0 bridgehead atoms. The van der Waals surface area contributed by atoms with Crippen LogP contribution >= 0.6 is 11.8 Å². The van der Waals surface area contributed by atoms with Crippen LogP contribution in [0.15, 0.2) is 53.5 Å². The highest BCUT2D eigenvalue weighted by atomic mass is 32.2. The molecule has 0 aromatic heterocycles. The van der Waals surface area contributed by atoms with E-state index in [0.29, 0.717) is 11.7 Å². The largest absolute Gasteiger partial charge is 0.342 e. The molecular formula is C22H24N2O3S2. The van der Waals surface area contributed by atoms with E-state index in [-0.39, 0.29) is 35.1 Å². The van der Waals surface area contributed by atoms with Gasteiger partial charge in [0.25, 0.3) is 5.91 Å². The van der Waals surface area contributed by atoms with E-state index in [9.17, 15) is 13.2 Å². The Balaban J connectivity index is 1.56. The quantitative estimate of drug-likeness (QED) is 0.748. The van der Waals surface area contributed by atoms with E-state index < -0.39 is 9.84 Å². The Labute approximate surface area is 176 Å². The lowest BCUT2D eigenvalue weighted by molar-refractivity contribution is -0.117. The van der Waals surface area contributed by atoms with Crippen molar-refractivity contribution in [3.63, 3.8) is 0 Å². The van der Waals surface area contributed by atoms with Gasteiger partial charge in [-0.15, -0.1) is 0 Å². The number of thioether (sulfide) groups is 1. The van der Waals surface area contributed by atoms with Crippen molar-refractivity contribution in [2.75, 3.05) is 11.5 Å². The molecule has 2 atom stereocenters. The van der Waals surface area contributed by atoms with E-state index in [0.717, 1.165) is 16.7 Å². The molecule has 2 aromatic rings. The molecule has 2 fully saturated rings. The number of carbonyl (C=O) groups is 1. The molecule has 2 aromatic carbocycles. The van der Waals surface area contributed by atoms with E-state index in [2.05, 4.69) is 4.99 Å². The van der Waals surface area contributed by atoms with E-state index in [1.54, 1.807) is 0 Å².